The molecule has 2 heterocycles. The predicted molar refractivity (Wildman–Crippen MR) is 91.4 cm³/mol. The molecule has 1 atom stereocenters. The summed E-state index contributed by atoms with van der Waals surface area (Å²) in [5.41, 5.74) is 1.57. The van der Waals surface area contributed by atoms with E-state index in [0.717, 1.165) is 18.5 Å². The number of amides is 1. The molecule has 4 rings (SSSR count). The third kappa shape index (κ3) is 3.20. The lowest BCUT2D eigenvalue weighted by atomic mass is 10.1. The number of rotatable bonds is 4. The fourth-order valence-electron chi connectivity index (χ4n) is 2.99. The van der Waals surface area contributed by atoms with Crippen molar-refractivity contribution in [2.24, 2.45) is 5.92 Å². The van der Waals surface area contributed by atoms with Gasteiger partial charge in [0.2, 0.25) is 0 Å². The molecule has 6 heteroatoms. The second-order valence-corrected chi connectivity index (χ2v) is 6.37. The molecule has 1 aliphatic carbocycles. The summed E-state index contributed by atoms with van der Waals surface area (Å²) in [7, 11) is 0. The Hall–Kier alpha value is -2.89. The van der Waals surface area contributed by atoms with Crippen molar-refractivity contribution in [1.29, 1.82) is 0 Å². The molecule has 1 fully saturated rings. The molecule has 5 nitrogen and oxygen atoms in total. The van der Waals surface area contributed by atoms with E-state index in [1.54, 1.807) is 24.5 Å². The van der Waals surface area contributed by atoms with Crippen LogP contribution in [0, 0.1) is 18.7 Å². The lowest BCUT2D eigenvalue weighted by molar-refractivity contribution is 0.0930. The topological polar surface area (TPSA) is 67.8 Å². The van der Waals surface area contributed by atoms with Crippen LogP contribution in [0.15, 0.2) is 42.7 Å². The number of halogens is 1. The number of fused-ring (bicyclic) bond motifs is 1. The van der Waals surface area contributed by atoms with Gasteiger partial charge in [-0.05, 0) is 49.9 Å². The van der Waals surface area contributed by atoms with Crippen molar-refractivity contribution >= 4 is 16.8 Å². The fourth-order valence-corrected chi connectivity index (χ4v) is 2.99. The Kier molecular flexibility index (Phi) is 3.87. The van der Waals surface area contributed by atoms with Gasteiger partial charge < -0.3 is 5.32 Å². The molecule has 0 bridgehead atoms. The van der Waals surface area contributed by atoms with Gasteiger partial charge in [0, 0.05) is 23.5 Å². The first kappa shape index (κ1) is 15.6. The average molecular weight is 336 g/mol. The molecule has 1 amide bonds. The summed E-state index contributed by atoms with van der Waals surface area (Å²) in [5, 5.41) is 3.59. The van der Waals surface area contributed by atoms with Gasteiger partial charge in [0.05, 0.1) is 17.1 Å². The zero-order chi connectivity index (χ0) is 17.4. The quantitative estimate of drug-likeness (QED) is 0.793. The van der Waals surface area contributed by atoms with E-state index in [1.165, 1.54) is 12.1 Å². The van der Waals surface area contributed by atoms with E-state index in [1.807, 2.05) is 13.0 Å². The summed E-state index contributed by atoms with van der Waals surface area (Å²) in [6.45, 7) is 1.89. The number of aromatic nitrogens is 3. The zero-order valence-electron chi connectivity index (χ0n) is 13.7. The van der Waals surface area contributed by atoms with Gasteiger partial charge in [-0.15, -0.1) is 0 Å². The highest BCUT2D eigenvalue weighted by Gasteiger charge is 2.35. The molecule has 0 spiro atoms. The minimum atomic E-state index is -0.458. The van der Waals surface area contributed by atoms with Crippen molar-refractivity contribution < 1.29 is 9.18 Å². The van der Waals surface area contributed by atoms with Crippen LogP contribution in [0.2, 0.25) is 0 Å². The molecule has 0 radical (unpaired) electrons. The number of hydrogen-bond acceptors (Lipinski definition) is 4. The summed E-state index contributed by atoms with van der Waals surface area (Å²) < 4.78 is 13.9. The van der Waals surface area contributed by atoms with E-state index in [0.29, 0.717) is 22.6 Å². The Bertz CT molecular complexity index is 955. The number of pyridine rings is 1. The highest BCUT2D eigenvalue weighted by molar-refractivity contribution is 6.05. The summed E-state index contributed by atoms with van der Waals surface area (Å²) in [4.78, 5) is 25.8. The standard InChI is InChI=1S/C19H17FN4O/c1-11-6-8-22-18(23-11)17(12-4-5-12)24-19(25)15-10-14(20)9-13-3-2-7-21-16(13)15/h2-3,6-10,12,17H,4-5H2,1H3,(H,24,25)/t17-/m0/s1. The highest BCUT2D eigenvalue weighted by Crippen LogP contribution is 2.40. The van der Waals surface area contributed by atoms with Crippen LogP contribution in [0.25, 0.3) is 10.9 Å². The molecule has 1 saturated carbocycles. The van der Waals surface area contributed by atoms with Crippen LogP contribution in [0.5, 0.6) is 0 Å². The van der Waals surface area contributed by atoms with Crippen molar-refractivity contribution in [2.75, 3.05) is 0 Å². The number of hydrogen-bond donors (Lipinski definition) is 1. The number of benzene rings is 1. The molecule has 0 saturated heterocycles. The molecule has 0 unspecified atom stereocenters. The van der Waals surface area contributed by atoms with Crippen molar-refractivity contribution in [3.05, 3.63) is 65.6 Å². The number of nitrogens with zero attached hydrogens (tertiary/aromatic N) is 3. The fraction of sp³-hybridized carbons (Fsp3) is 0.263. The van der Waals surface area contributed by atoms with Gasteiger partial charge in [0.25, 0.3) is 5.91 Å². The monoisotopic (exact) mass is 336 g/mol. The van der Waals surface area contributed by atoms with E-state index in [9.17, 15) is 9.18 Å². The second-order valence-electron chi connectivity index (χ2n) is 6.37. The van der Waals surface area contributed by atoms with Gasteiger partial charge in [0.15, 0.2) is 5.82 Å². The van der Waals surface area contributed by atoms with Crippen LogP contribution < -0.4 is 5.32 Å². The summed E-state index contributed by atoms with van der Waals surface area (Å²) in [6, 6.07) is 7.61. The van der Waals surface area contributed by atoms with Crippen LogP contribution in [0.4, 0.5) is 4.39 Å². The Morgan fingerprint density at radius 2 is 2.08 bits per heavy atom. The molecular formula is C19H17FN4O. The lowest BCUT2D eigenvalue weighted by Crippen LogP contribution is -2.31. The van der Waals surface area contributed by atoms with E-state index in [-0.39, 0.29) is 17.5 Å². The van der Waals surface area contributed by atoms with Crippen molar-refractivity contribution in [1.82, 2.24) is 20.3 Å². The average Bonchev–Trinajstić information content (AvgIpc) is 3.43. The Morgan fingerprint density at radius 1 is 1.24 bits per heavy atom. The Labute approximate surface area is 144 Å². The lowest BCUT2D eigenvalue weighted by Gasteiger charge is -2.17. The first-order chi connectivity index (χ1) is 12.1. The van der Waals surface area contributed by atoms with Gasteiger partial charge in [-0.25, -0.2) is 14.4 Å². The van der Waals surface area contributed by atoms with Crippen LogP contribution >= 0.6 is 0 Å². The number of carbonyl (C=O) groups excluding carboxylic acids is 1. The maximum Gasteiger partial charge on any atom is 0.254 e. The summed E-state index contributed by atoms with van der Waals surface area (Å²) >= 11 is 0. The Morgan fingerprint density at radius 3 is 2.84 bits per heavy atom. The first-order valence-corrected chi connectivity index (χ1v) is 8.26. The highest BCUT2D eigenvalue weighted by atomic mass is 19.1. The normalized spacial score (nSPS) is 15.1. The van der Waals surface area contributed by atoms with Crippen LogP contribution in [-0.2, 0) is 0 Å². The minimum Gasteiger partial charge on any atom is -0.342 e. The summed E-state index contributed by atoms with van der Waals surface area (Å²) in [6.07, 6.45) is 5.33. The van der Waals surface area contributed by atoms with Gasteiger partial charge in [-0.2, -0.15) is 0 Å². The second kappa shape index (κ2) is 6.20. The SMILES string of the molecule is Cc1ccnc([C@@H](NC(=O)c2cc(F)cc3cccnc23)C2CC2)n1. The van der Waals surface area contributed by atoms with Gasteiger partial charge in [0.1, 0.15) is 5.82 Å². The van der Waals surface area contributed by atoms with Crippen molar-refractivity contribution in [3.8, 4) is 0 Å². The van der Waals surface area contributed by atoms with E-state index in [2.05, 4.69) is 20.3 Å². The smallest absolute Gasteiger partial charge is 0.254 e. The number of aryl methyl sites for hydroxylation is 1. The Balaban J connectivity index is 1.69. The summed E-state index contributed by atoms with van der Waals surface area (Å²) in [5.74, 6) is 0.105. The zero-order valence-corrected chi connectivity index (χ0v) is 13.7. The molecule has 126 valence electrons. The van der Waals surface area contributed by atoms with E-state index in [4.69, 9.17) is 0 Å². The van der Waals surface area contributed by atoms with E-state index < -0.39 is 5.82 Å². The largest absolute Gasteiger partial charge is 0.342 e. The van der Waals surface area contributed by atoms with E-state index >= 15 is 0 Å². The van der Waals surface area contributed by atoms with Crippen molar-refractivity contribution in [3.63, 3.8) is 0 Å². The molecule has 25 heavy (non-hydrogen) atoms. The van der Waals surface area contributed by atoms with Gasteiger partial charge >= 0.3 is 0 Å². The molecule has 0 aliphatic heterocycles. The van der Waals surface area contributed by atoms with Crippen LogP contribution in [0.1, 0.15) is 40.8 Å². The minimum absolute atomic E-state index is 0.230. The van der Waals surface area contributed by atoms with Gasteiger partial charge in [-0.3, -0.25) is 9.78 Å². The number of nitrogens with one attached hydrogen (secondary N) is 1. The van der Waals surface area contributed by atoms with Crippen molar-refractivity contribution in [2.45, 2.75) is 25.8 Å². The predicted octanol–water partition coefficient (Wildman–Crippen LogP) is 3.35. The van der Waals surface area contributed by atoms with Crippen LogP contribution in [-0.4, -0.2) is 20.9 Å². The van der Waals surface area contributed by atoms with Gasteiger partial charge in [-0.1, -0.05) is 6.07 Å². The molecule has 2 aromatic heterocycles. The molecule has 1 N–H and O–H groups in total. The third-order valence-electron chi connectivity index (χ3n) is 4.39. The molecule has 1 aliphatic rings. The molecule has 3 aromatic rings. The first-order valence-electron chi connectivity index (χ1n) is 8.26. The molecular weight excluding hydrogens is 319 g/mol. The maximum absolute atomic E-state index is 13.9. The maximum atomic E-state index is 13.9. The molecule has 1 aromatic carbocycles. The third-order valence-corrected chi connectivity index (χ3v) is 4.39. The number of carbonyl (C=O) groups is 1. The van der Waals surface area contributed by atoms with Crippen LogP contribution in [0.3, 0.4) is 0 Å².